The highest BCUT2D eigenvalue weighted by molar-refractivity contribution is 7.15. The predicted molar refractivity (Wildman–Crippen MR) is 122 cm³/mol. The monoisotopic (exact) mass is 451 g/mol. The summed E-state index contributed by atoms with van der Waals surface area (Å²) < 4.78 is 1.73. The Bertz CT molecular complexity index is 1280. The van der Waals surface area contributed by atoms with Crippen LogP contribution in [0, 0.1) is 12.8 Å². The molecule has 1 unspecified atom stereocenters. The molecule has 0 saturated carbocycles. The highest BCUT2D eigenvalue weighted by Gasteiger charge is 2.35. The van der Waals surface area contributed by atoms with Crippen molar-refractivity contribution in [3.05, 3.63) is 64.5 Å². The van der Waals surface area contributed by atoms with E-state index >= 15 is 0 Å². The van der Waals surface area contributed by atoms with E-state index in [0.29, 0.717) is 16.5 Å². The van der Waals surface area contributed by atoms with Gasteiger partial charge < -0.3 is 4.90 Å². The third-order valence-electron chi connectivity index (χ3n) is 5.30. The van der Waals surface area contributed by atoms with Crippen LogP contribution in [0.15, 0.2) is 53.9 Å². The number of carbonyl (C=O) groups excluding carboxylic acids is 2. The van der Waals surface area contributed by atoms with E-state index in [2.05, 4.69) is 15.4 Å². The van der Waals surface area contributed by atoms with Gasteiger partial charge in [-0.3, -0.25) is 14.9 Å². The molecule has 1 aliphatic heterocycles. The Balaban J connectivity index is 1.32. The molecule has 2 aromatic carbocycles. The SMILES string of the molecule is Cc1ccc(-c2csc3nc(NC(=O)C4CC(=O)N(c5ccc(Cl)cc5)C4)nn23)cc1. The third kappa shape index (κ3) is 3.80. The van der Waals surface area contributed by atoms with Crippen LogP contribution in [0.25, 0.3) is 16.2 Å². The lowest BCUT2D eigenvalue weighted by Gasteiger charge is -2.16. The van der Waals surface area contributed by atoms with Gasteiger partial charge >= 0.3 is 0 Å². The largest absolute Gasteiger partial charge is 0.312 e. The molecule has 0 spiro atoms. The molecule has 1 saturated heterocycles. The van der Waals surface area contributed by atoms with Crippen LogP contribution in [0.2, 0.25) is 5.02 Å². The summed E-state index contributed by atoms with van der Waals surface area (Å²) >= 11 is 7.38. The number of amides is 2. The van der Waals surface area contributed by atoms with Crippen molar-refractivity contribution in [1.29, 1.82) is 0 Å². The van der Waals surface area contributed by atoms with Crippen molar-refractivity contribution in [2.75, 3.05) is 16.8 Å². The molecule has 31 heavy (non-hydrogen) atoms. The zero-order chi connectivity index (χ0) is 21.5. The van der Waals surface area contributed by atoms with Crippen molar-refractivity contribution in [2.45, 2.75) is 13.3 Å². The van der Waals surface area contributed by atoms with Gasteiger partial charge in [0.05, 0.1) is 11.6 Å². The number of aromatic nitrogens is 3. The predicted octanol–water partition coefficient (Wildman–Crippen LogP) is 4.41. The van der Waals surface area contributed by atoms with Gasteiger partial charge in [0.2, 0.25) is 22.7 Å². The van der Waals surface area contributed by atoms with Crippen molar-refractivity contribution < 1.29 is 9.59 Å². The average molecular weight is 452 g/mol. The second kappa shape index (κ2) is 7.79. The average Bonchev–Trinajstić information content (AvgIpc) is 3.44. The van der Waals surface area contributed by atoms with Gasteiger partial charge in [-0.25, -0.2) is 4.52 Å². The van der Waals surface area contributed by atoms with E-state index in [1.54, 1.807) is 33.7 Å². The Kier molecular flexibility index (Phi) is 4.95. The van der Waals surface area contributed by atoms with Gasteiger partial charge in [-0.1, -0.05) is 41.4 Å². The number of benzene rings is 2. The van der Waals surface area contributed by atoms with Crippen molar-refractivity contribution in [3.8, 4) is 11.3 Å². The summed E-state index contributed by atoms with van der Waals surface area (Å²) in [6, 6.07) is 15.2. The smallest absolute Gasteiger partial charge is 0.250 e. The molecule has 156 valence electrons. The molecule has 0 aliphatic carbocycles. The summed E-state index contributed by atoms with van der Waals surface area (Å²) in [5.74, 6) is -0.591. The summed E-state index contributed by atoms with van der Waals surface area (Å²) in [7, 11) is 0. The highest BCUT2D eigenvalue weighted by Crippen LogP contribution is 2.28. The van der Waals surface area contributed by atoms with Gasteiger partial charge in [0.25, 0.3) is 0 Å². The number of fused-ring (bicyclic) bond motifs is 1. The van der Waals surface area contributed by atoms with Crippen molar-refractivity contribution in [1.82, 2.24) is 14.6 Å². The molecule has 4 aromatic rings. The standard InChI is InChI=1S/C22H18ClN5O2S/c1-13-2-4-14(5-3-13)18-12-31-22-25-21(26-28(18)22)24-20(30)15-10-19(29)27(11-15)17-8-6-16(23)7-9-17/h2-9,12,15H,10-11H2,1H3,(H,24,26,30). The van der Waals surface area contributed by atoms with Gasteiger partial charge in [-0.2, -0.15) is 4.98 Å². The summed E-state index contributed by atoms with van der Waals surface area (Å²) in [6.07, 6.45) is 0.144. The Hall–Kier alpha value is -3.23. The molecular formula is C22H18ClN5O2S. The summed E-state index contributed by atoms with van der Waals surface area (Å²) in [5, 5.41) is 9.82. The first-order valence-electron chi connectivity index (χ1n) is 9.76. The minimum absolute atomic E-state index is 0.0945. The molecule has 9 heteroatoms. The van der Waals surface area contributed by atoms with Crippen LogP contribution in [0.5, 0.6) is 0 Å². The fourth-order valence-electron chi connectivity index (χ4n) is 3.62. The first-order chi connectivity index (χ1) is 15.0. The molecule has 1 aliphatic rings. The summed E-state index contributed by atoms with van der Waals surface area (Å²) in [5.41, 5.74) is 3.85. The molecule has 2 aromatic heterocycles. The third-order valence-corrected chi connectivity index (χ3v) is 6.37. The van der Waals surface area contributed by atoms with Crippen LogP contribution < -0.4 is 10.2 Å². The Morgan fingerprint density at radius 1 is 1.16 bits per heavy atom. The number of carbonyl (C=O) groups is 2. The molecule has 7 nitrogen and oxygen atoms in total. The molecule has 2 amide bonds. The number of hydrogen-bond donors (Lipinski definition) is 1. The molecule has 1 N–H and O–H groups in total. The minimum atomic E-state index is -0.471. The normalized spacial score (nSPS) is 16.3. The Morgan fingerprint density at radius 2 is 1.90 bits per heavy atom. The summed E-state index contributed by atoms with van der Waals surface area (Å²) in [6.45, 7) is 2.35. The number of anilines is 2. The zero-order valence-electron chi connectivity index (χ0n) is 16.6. The zero-order valence-corrected chi connectivity index (χ0v) is 18.2. The van der Waals surface area contributed by atoms with E-state index in [0.717, 1.165) is 16.9 Å². The lowest BCUT2D eigenvalue weighted by Crippen LogP contribution is -2.28. The van der Waals surface area contributed by atoms with Gasteiger partial charge in [0.1, 0.15) is 0 Å². The number of thiazole rings is 1. The van der Waals surface area contributed by atoms with Gasteiger partial charge in [-0.05, 0) is 31.2 Å². The van der Waals surface area contributed by atoms with Crippen molar-refractivity contribution in [3.63, 3.8) is 0 Å². The van der Waals surface area contributed by atoms with Crippen LogP contribution >= 0.6 is 22.9 Å². The first kappa shape index (κ1) is 19.7. The van der Waals surface area contributed by atoms with Crippen molar-refractivity contribution >= 4 is 51.3 Å². The maximum absolute atomic E-state index is 12.8. The lowest BCUT2D eigenvalue weighted by atomic mass is 10.1. The number of nitrogens with one attached hydrogen (secondary N) is 1. The molecule has 0 bridgehead atoms. The number of nitrogens with zero attached hydrogens (tertiary/aromatic N) is 4. The van der Waals surface area contributed by atoms with Crippen LogP contribution in [-0.4, -0.2) is 33.0 Å². The quantitative estimate of drug-likeness (QED) is 0.498. The maximum atomic E-state index is 12.8. The van der Waals surface area contributed by atoms with Crippen LogP contribution in [0.4, 0.5) is 11.6 Å². The number of aryl methyl sites for hydroxylation is 1. The molecule has 5 rings (SSSR count). The van der Waals surface area contributed by atoms with Crippen molar-refractivity contribution in [2.24, 2.45) is 5.92 Å². The Morgan fingerprint density at radius 3 is 2.65 bits per heavy atom. The lowest BCUT2D eigenvalue weighted by molar-refractivity contribution is -0.122. The van der Waals surface area contributed by atoms with Gasteiger partial charge in [-0.15, -0.1) is 16.4 Å². The van der Waals surface area contributed by atoms with Crippen LogP contribution in [0.1, 0.15) is 12.0 Å². The van der Waals surface area contributed by atoms with E-state index in [1.165, 1.54) is 16.9 Å². The number of rotatable bonds is 4. The van der Waals surface area contributed by atoms with E-state index < -0.39 is 5.92 Å². The maximum Gasteiger partial charge on any atom is 0.250 e. The van der Waals surface area contributed by atoms with E-state index in [-0.39, 0.29) is 24.2 Å². The first-order valence-corrected chi connectivity index (χ1v) is 11.0. The van der Waals surface area contributed by atoms with E-state index in [9.17, 15) is 9.59 Å². The van der Waals surface area contributed by atoms with Gasteiger partial charge in [0.15, 0.2) is 0 Å². The minimum Gasteiger partial charge on any atom is -0.312 e. The molecule has 1 fully saturated rings. The van der Waals surface area contributed by atoms with Crippen LogP contribution in [0.3, 0.4) is 0 Å². The topological polar surface area (TPSA) is 79.6 Å². The molecule has 1 atom stereocenters. The van der Waals surface area contributed by atoms with Gasteiger partial charge in [0, 0.05) is 34.6 Å². The van der Waals surface area contributed by atoms with E-state index in [4.69, 9.17) is 11.6 Å². The molecular weight excluding hydrogens is 434 g/mol. The second-order valence-electron chi connectivity index (χ2n) is 7.49. The highest BCUT2D eigenvalue weighted by atomic mass is 35.5. The fourth-order valence-corrected chi connectivity index (χ4v) is 4.58. The number of halogens is 1. The summed E-state index contributed by atoms with van der Waals surface area (Å²) in [4.78, 5) is 31.9. The molecule has 3 heterocycles. The second-order valence-corrected chi connectivity index (χ2v) is 8.76. The van der Waals surface area contributed by atoms with Crippen LogP contribution in [-0.2, 0) is 9.59 Å². The molecule has 0 radical (unpaired) electrons. The fraction of sp³-hybridized carbons (Fsp3) is 0.182. The Labute approximate surface area is 187 Å². The van der Waals surface area contributed by atoms with E-state index in [1.807, 2.05) is 36.6 Å². The number of hydrogen-bond acceptors (Lipinski definition) is 5.